The largest absolute Gasteiger partial charge is 0.397 e. The maximum Gasteiger partial charge on any atom is 0.0576 e. The normalized spacial score (nSPS) is 18.8. The lowest BCUT2D eigenvalue weighted by molar-refractivity contribution is 0.471. The Kier molecular flexibility index (Phi) is 4.09. The molecule has 1 aliphatic carbocycles. The summed E-state index contributed by atoms with van der Waals surface area (Å²) in [6.07, 6.45) is 9.47. The van der Waals surface area contributed by atoms with E-state index < -0.39 is 0 Å². The summed E-state index contributed by atoms with van der Waals surface area (Å²) in [7, 11) is 0. The molecular weight excluding hydrogens is 196 g/mol. The first-order valence-electron chi connectivity index (χ1n) is 6.47. The van der Waals surface area contributed by atoms with Gasteiger partial charge in [0.15, 0.2) is 0 Å². The van der Waals surface area contributed by atoms with E-state index in [-0.39, 0.29) is 0 Å². The third kappa shape index (κ3) is 3.16. The van der Waals surface area contributed by atoms with Gasteiger partial charge in [-0.15, -0.1) is 0 Å². The van der Waals surface area contributed by atoms with Gasteiger partial charge in [-0.1, -0.05) is 44.2 Å². The predicted octanol–water partition coefficient (Wildman–Crippen LogP) is 3.79. The Bertz CT molecular complexity index is 314. The van der Waals surface area contributed by atoms with E-state index in [1.54, 1.807) is 0 Å². The average molecular weight is 218 g/mol. The van der Waals surface area contributed by atoms with Crippen molar-refractivity contribution in [3.8, 4) is 0 Å². The molecule has 2 rings (SSSR count). The van der Waals surface area contributed by atoms with Gasteiger partial charge in [0, 0.05) is 6.04 Å². The molecule has 0 aromatic heterocycles. The third-order valence-electron chi connectivity index (χ3n) is 3.43. The third-order valence-corrected chi connectivity index (χ3v) is 3.43. The Morgan fingerprint density at radius 2 is 1.56 bits per heavy atom. The highest BCUT2D eigenvalue weighted by atomic mass is 14.9. The first kappa shape index (κ1) is 11.3. The summed E-state index contributed by atoms with van der Waals surface area (Å²) in [5.74, 6) is 0. The van der Waals surface area contributed by atoms with E-state index in [1.807, 2.05) is 18.2 Å². The summed E-state index contributed by atoms with van der Waals surface area (Å²) in [5.41, 5.74) is 7.92. The quantitative estimate of drug-likeness (QED) is 0.741. The van der Waals surface area contributed by atoms with Crippen molar-refractivity contribution in [2.75, 3.05) is 11.1 Å². The Morgan fingerprint density at radius 3 is 2.25 bits per heavy atom. The standard InChI is InChI=1S/C14H22N2/c15-13-10-6-7-11-14(13)16-12-8-4-2-1-3-5-9-12/h6-7,10-12,16H,1-5,8-9,15H2. The van der Waals surface area contributed by atoms with Crippen molar-refractivity contribution in [1.29, 1.82) is 0 Å². The second-order valence-electron chi connectivity index (χ2n) is 4.77. The van der Waals surface area contributed by atoms with Gasteiger partial charge >= 0.3 is 0 Å². The number of nitrogens with one attached hydrogen (secondary N) is 1. The first-order valence-corrected chi connectivity index (χ1v) is 6.47. The van der Waals surface area contributed by atoms with Crippen molar-refractivity contribution in [2.24, 2.45) is 0 Å². The Balaban J connectivity index is 1.94. The number of hydrogen-bond acceptors (Lipinski definition) is 2. The van der Waals surface area contributed by atoms with Crippen molar-refractivity contribution in [3.63, 3.8) is 0 Å². The zero-order valence-corrected chi connectivity index (χ0v) is 9.91. The number of rotatable bonds is 2. The lowest BCUT2D eigenvalue weighted by Crippen LogP contribution is -2.21. The number of benzene rings is 1. The highest BCUT2D eigenvalue weighted by Gasteiger charge is 2.11. The van der Waals surface area contributed by atoms with Crippen molar-refractivity contribution in [3.05, 3.63) is 24.3 Å². The molecule has 1 aromatic carbocycles. The maximum atomic E-state index is 5.95. The second-order valence-corrected chi connectivity index (χ2v) is 4.77. The first-order chi connectivity index (χ1) is 7.86. The van der Waals surface area contributed by atoms with Crippen LogP contribution < -0.4 is 11.1 Å². The molecule has 16 heavy (non-hydrogen) atoms. The maximum absolute atomic E-state index is 5.95. The van der Waals surface area contributed by atoms with Gasteiger partial charge in [-0.2, -0.15) is 0 Å². The van der Waals surface area contributed by atoms with Crippen molar-refractivity contribution in [2.45, 2.75) is 51.0 Å². The van der Waals surface area contributed by atoms with E-state index in [0.717, 1.165) is 11.4 Å². The predicted molar refractivity (Wildman–Crippen MR) is 70.6 cm³/mol. The molecule has 0 bridgehead atoms. The van der Waals surface area contributed by atoms with Crippen LogP contribution in [0.2, 0.25) is 0 Å². The highest BCUT2D eigenvalue weighted by Crippen LogP contribution is 2.23. The fourth-order valence-corrected chi connectivity index (χ4v) is 2.45. The minimum atomic E-state index is 0.616. The summed E-state index contributed by atoms with van der Waals surface area (Å²) in [6, 6.07) is 8.68. The highest BCUT2D eigenvalue weighted by molar-refractivity contribution is 5.65. The summed E-state index contributed by atoms with van der Waals surface area (Å²) in [6.45, 7) is 0. The van der Waals surface area contributed by atoms with Gasteiger partial charge in [0.05, 0.1) is 11.4 Å². The molecule has 0 amide bonds. The topological polar surface area (TPSA) is 38.0 Å². The molecule has 1 aromatic rings. The number of hydrogen-bond donors (Lipinski definition) is 2. The lowest BCUT2D eigenvalue weighted by atomic mass is 9.96. The van der Waals surface area contributed by atoms with E-state index in [9.17, 15) is 0 Å². The van der Waals surface area contributed by atoms with Gasteiger partial charge in [0.25, 0.3) is 0 Å². The molecule has 2 nitrogen and oxygen atoms in total. The van der Waals surface area contributed by atoms with Crippen LogP contribution in [0.1, 0.15) is 44.9 Å². The van der Waals surface area contributed by atoms with Gasteiger partial charge in [-0.25, -0.2) is 0 Å². The van der Waals surface area contributed by atoms with Crippen LogP contribution in [-0.2, 0) is 0 Å². The fraction of sp³-hybridized carbons (Fsp3) is 0.571. The van der Waals surface area contributed by atoms with Crippen LogP contribution in [0.4, 0.5) is 11.4 Å². The molecule has 88 valence electrons. The van der Waals surface area contributed by atoms with Crippen LogP contribution in [0.15, 0.2) is 24.3 Å². The minimum absolute atomic E-state index is 0.616. The number of nitrogens with two attached hydrogens (primary N) is 1. The van der Waals surface area contributed by atoms with E-state index in [1.165, 1.54) is 44.9 Å². The smallest absolute Gasteiger partial charge is 0.0576 e. The van der Waals surface area contributed by atoms with Crippen LogP contribution in [0, 0.1) is 0 Å². The zero-order chi connectivity index (χ0) is 11.2. The Hall–Kier alpha value is -1.18. The van der Waals surface area contributed by atoms with Gasteiger partial charge in [-0.05, 0) is 25.0 Å². The van der Waals surface area contributed by atoms with Crippen LogP contribution >= 0.6 is 0 Å². The number of nitrogen functional groups attached to an aromatic ring is 1. The summed E-state index contributed by atoms with van der Waals surface area (Å²) in [4.78, 5) is 0. The van der Waals surface area contributed by atoms with Crippen molar-refractivity contribution in [1.82, 2.24) is 0 Å². The second kappa shape index (κ2) is 5.78. The summed E-state index contributed by atoms with van der Waals surface area (Å²) >= 11 is 0. The molecule has 1 aliphatic rings. The van der Waals surface area contributed by atoms with E-state index in [2.05, 4.69) is 11.4 Å². The van der Waals surface area contributed by atoms with Crippen molar-refractivity contribution < 1.29 is 0 Å². The van der Waals surface area contributed by atoms with E-state index in [0.29, 0.717) is 6.04 Å². The molecule has 0 radical (unpaired) electrons. The SMILES string of the molecule is Nc1ccccc1NC1CCCCCCC1. The molecule has 2 heteroatoms. The molecule has 1 fully saturated rings. The zero-order valence-electron chi connectivity index (χ0n) is 9.91. The molecule has 0 spiro atoms. The Morgan fingerprint density at radius 1 is 0.938 bits per heavy atom. The fourth-order valence-electron chi connectivity index (χ4n) is 2.45. The molecule has 0 atom stereocenters. The molecule has 3 N–H and O–H groups in total. The van der Waals surface area contributed by atoms with Crippen LogP contribution in [0.25, 0.3) is 0 Å². The molecule has 0 saturated heterocycles. The lowest BCUT2D eigenvalue weighted by Gasteiger charge is -2.22. The molecular formula is C14H22N2. The molecule has 1 saturated carbocycles. The average Bonchev–Trinajstić information content (AvgIpc) is 2.24. The van der Waals surface area contributed by atoms with Crippen LogP contribution in [0.5, 0.6) is 0 Å². The van der Waals surface area contributed by atoms with Gasteiger partial charge in [-0.3, -0.25) is 0 Å². The van der Waals surface area contributed by atoms with Gasteiger partial charge in [0.2, 0.25) is 0 Å². The van der Waals surface area contributed by atoms with Gasteiger partial charge in [0.1, 0.15) is 0 Å². The summed E-state index contributed by atoms with van der Waals surface area (Å²) < 4.78 is 0. The summed E-state index contributed by atoms with van der Waals surface area (Å²) in [5, 5.41) is 3.59. The van der Waals surface area contributed by atoms with E-state index >= 15 is 0 Å². The molecule has 0 unspecified atom stereocenters. The molecule has 0 heterocycles. The van der Waals surface area contributed by atoms with E-state index in [4.69, 9.17) is 5.73 Å². The van der Waals surface area contributed by atoms with Crippen LogP contribution in [-0.4, -0.2) is 6.04 Å². The number of anilines is 2. The Labute approximate surface area is 98.2 Å². The number of para-hydroxylation sites is 2. The molecule has 0 aliphatic heterocycles. The van der Waals surface area contributed by atoms with Crippen LogP contribution in [0.3, 0.4) is 0 Å². The monoisotopic (exact) mass is 218 g/mol. The van der Waals surface area contributed by atoms with Gasteiger partial charge < -0.3 is 11.1 Å². The van der Waals surface area contributed by atoms with Crippen molar-refractivity contribution >= 4 is 11.4 Å². The minimum Gasteiger partial charge on any atom is -0.397 e.